The molecule has 140 valence electrons. The van der Waals surface area contributed by atoms with Gasteiger partial charge in [0.05, 0.1) is 18.1 Å². The quantitative estimate of drug-likeness (QED) is 0.731. The highest BCUT2D eigenvalue weighted by Crippen LogP contribution is 2.48. The molecule has 3 aromatic rings. The molecule has 1 saturated heterocycles. The summed E-state index contributed by atoms with van der Waals surface area (Å²) in [5.41, 5.74) is 8.99. The van der Waals surface area contributed by atoms with Crippen LogP contribution in [0.25, 0.3) is 22.1 Å². The van der Waals surface area contributed by atoms with Crippen LogP contribution in [0.15, 0.2) is 30.0 Å². The molecule has 3 aromatic heterocycles. The van der Waals surface area contributed by atoms with E-state index in [1.54, 1.807) is 24.7 Å². The number of thiazole rings is 1. The first-order valence-corrected chi connectivity index (χ1v) is 10.2. The van der Waals surface area contributed by atoms with Gasteiger partial charge < -0.3 is 10.6 Å². The van der Waals surface area contributed by atoms with Crippen molar-refractivity contribution in [2.24, 2.45) is 5.41 Å². The molecular weight excluding hydrogens is 370 g/mol. The maximum atomic E-state index is 9.63. The maximum absolute atomic E-state index is 9.63. The second kappa shape index (κ2) is 6.53. The highest BCUT2D eigenvalue weighted by Gasteiger charge is 2.43. The predicted molar refractivity (Wildman–Crippen MR) is 109 cm³/mol. The van der Waals surface area contributed by atoms with Gasteiger partial charge in [-0.05, 0) is 30.7 Å². The number of anilines is 2. The molecule has 1 saturated carbocycles. The van der Waals surface area contributed by atoms with Crippen molar-refractivity contribution in [2.75, 3.05) is 23.7 Å². The zero-order chi connectivity index (χ0) is 19.1. The molecule has 2 N–H and O–H groups in total. The number of hydrogen-bond donors (Lipinski definition) is 1. The molecule has 0 unspecified atom stereocenters. The number of nitriles is 1. The second-order valence-corrected chi connectivity index (χ2v) is 8.45. The molecule has 0 aromatic carbocycles. The summed E-state index contributed by atoms with van der Waals surface area (Å²) in [5, 5.41) is 12.3. The van der Waals surface area contributed by atoms with Crippen molar-refractivity contribution in [3.05, 3.63) is 35.6 Å². The fourth-order valence-electron chi connectivity index (χ4n) is 4.16. The topological polar surface area (TPSA) is 105 Å². The van der Waals surface area contributed by atoms with Crippen molar-refractivity contribution in [3.8, 4) is 28.2 Å². The van der Waals surface area contributed by atoms with E-state index in [0.29, 0.717) is 33.7 Å². The smallest absolute Gasteiger partial charge is 0.147 e. The minimum Gasteiger partial charge on any atom is -0.398 e. The molecule has 0 bridgehead atoms. The first kappa shape index (κ1) is 17.1. The van der Waals surface area contributed by atoms with E-state index in [0.717, 1.165) is 23.9 Å². The molecule has 0 radical (unpaired) electrons. The molecule has 1 spiro atoms. The maximum Gasteiger partial charge on any atom is 0.147 e. The Hall–Kier alpha value is -3.05. The van der Waals surface area contributed by atoms with Crippen LogP contribution in [0.5, 0.6) is 0 Å². The zero-order valence-electron chi connectivity index (χ0n) is 15.3. The van der Waals surface area contributed by atoms with Crippen molar-refractivity contribution in [1.29, 1.82) is 5.26 Å². The molecule has 0 amide bonds. The first-order valence-electron chi connectivity index (χ1n) is 9.35. The van der Waals surface area contributed by atoms with Crippen molar-refractivity contribution in [1.82, 2.24) is 19.9 Å². The Kier molecular flexibility index (Phi) is 3.98. The molecule has 1 aliphatic carbocycles. The van der Waals surface area contributed by atoms with Gasteiger partial charge in [0, 0.05) is 24.7 Å². The van der Waals surface area contributed by atoms with Crippen LogP contribution in [0.2, 0.25) is 0 Å². The van der Waals surface area contributed by atoms with Gasteiger partial charge in [-0.3, -0.25) is 4.98 Å². The summed E-state index contributed by atoms with van der Waals surface area (Å²) in [7, 11) is 0. The van der Waals surface area contributed by atoms with Crippen molar-refractivity contribution >= 4 is 22.8 Å². The molecule has 1 aliphatic heterocycles. The average molecular weight is 389 g/mol. The van der Waals surface area contributed by atoms with Crippen LogP contribution in [0, 0.1) is 16.7 Å². The van der Waals surface area contributed by atoms with Gasteiger partial charge in [0.1, 0.15) is 39.5 Å². The van der Waals surface area contributed by atoms with Crippen LogP contribution in [0.1, 0.15) is 31.2 Å². The van der Waals surface area contributed by atoms with Crippen molar-refractivity contribution < 1.29 is 0 Å². The summed E-state index contributed by atoms with van der Waals surface area (Å²) in [6.07, 6.45) is 10.3. The lowest BCUT2D eigenvalue weighted by Crippen LogP contribution is -2.33. The second-order valence-electron chi connectivity index (χ2n) is 7.56. The van der Waals surface area contributed by atoms with E-state index in [-0.39, 0.29) is 0 Å². The fraction of sp³-hybridized carbons (Fsp3) is 0.350. The molecule has 4 heterocycles. The fourth-order valence-corrected chi connectivity index (χ4v) is 4.76. The van der Waals surface area contributed by atoms with E-state index in [1.807, 2.05) is 5.38 Å². The number of nitrogens with two attached hydrogens (primary N) is 1. The monoisotopic (exact) mass is 389 g/mol. The van der Waals surface area contributed by atoms with Gasteiger partial charge in [0.2, 0.25) is 0 Å². The lowest BCUT2D eigenvalue weighted by Gasteiger charge is -2.38. The Morgan fingerprint density at radius 1 is 1.18 bits per heavy atom. The van der Waals surface area contributed by atoms with Gasteiger partial charge in [-0.25, -0.2) is 15.0 Å². The number of nitrogen functional groups attached to an aromatic ring is 1. The van der Waals surface area contributed by atoms with Crippen LogP contribution in [0.3, 0.4) is 0 Å². The van der Waals surface area contributed by atoms with Crippen LogP contribution in [0.4, 0.5) is 11.5 Å². The minimum atomic E-state index is 0.323. The molecule has 2 fully saturated rings. The van der Waals surface area contributed by atoms with Gasteiger partial charge >= 0.3 is 0 Å². The predicted octanol–water partition coefficient (Wildman–Crippen LogP) is 3.50. The summed E-state index contributed by atoms with van der Waals surface area (Å²) in [4.78, 5) is 20.5. The molecular formula is C20H19N7S. The summed E-state index contributed by atoms with van der Waals surface area (Å²) < 4.78 is 0. The average Bonchev–Trinajstić information content (AvgIpc) is 3.37. The first-order chi connectivity index (χ1) is 13.7. The van der Waals surface area contributed by atoms with Crippen LogP contribution >= 0.6 is 11.3 Å². The summed E-state index contributed by atoms with van der Waals surface area (Å²) in [6.45, 7) is 2.03. The van der Waals surface area contributed by atoms with Crippen LogP contribution in [-0.4, -0.2) is 33.0 Å². The highest BCUT2D eigenvalue weighted by atomic mass is 32.1. The number of nitrogens with zero attached hydrogens (tertiary/aromatic N) is 6. The molecule has 5 rings (SSSR count). The van der Waals surface area contributed by atoms with E-state index in [1.165, 1.54) is 37.0 Å². The van der Waals surface area contributed by atoms with E-state index in [2.05, 4.69) is 25.9 Å². The molecule has 8 heteroatoms. The Morgan fingerprint density at radius 2 is 2.07 bits per heavy atom. The van der Waals surface area contributed by atoms with Gasteiger partial charge in [0.25, 0.3) is 0 Å². The molecule has 2 aliphatic rings. The third-order valence-corrected chi connectivity index (χ3v) is 6.65. The Labute approximate surface area is 166 Å². The third-order valence-electron chi connectivity index (χ3n) is 5.85. The Bertz CT molecular complexity index is 1070. The van der Waals surface area contributed by atoms with E-state index >= 15 is 0 Å². The number of rotatable bonds is 3. The largest absolute Gasteiger partial charge is 0.398 e. The molecule has 7 nitrogen and oxygen atoms in total. The SMILES string of the molecule is N#Cc1c(N)cc(-c2nccs2)nc1-c1cncc(N2CCC3(CCC3)C2)n1. The van der Waals surface area contributed by atoms with E-state index in [4.69, 9.17) is 10.7 Å². The molecule has 0 atom stereocenters. The minimum absolute atomic E-state index is 0.323. The highest BCUT2D eigenvalue weighted by molar-refractivity contribution is 7.13. The lowest BCUT2D eigenvalue weighted by molar-refractivity contribution is 0.165. The van der Waals surface area contributed by atoms with Gasteiger partial charge in [-0.1, -0.05) is 6.42 Å². The van der Waals surface area contributed by atoms with Gasteiger partial charge in [-0.15, -0.1) is 11.3 Å². The summed E-state index contributed by atoms with van der Waals surface area (Å²) in [6, 6.07) is 3.86. The van der Waals surface area contributed by atoms with Crippen molar-refractivity contribution in [2.45, 2.75) is 25.7 Å². The van der Waals surface area contributed by atoms with E-state index in [9.17, 15) is 5.26 Å². The number of pyridine rings is 1. The zero-order valence-corrected chi connectivity index (χ0v) is 16.1. The summed E-state index contributed by atoms with van der Waals surface area (Å²) in [5.74, 6) is 0.838. The molecule has 28 heavy (non-hydrogen) atoms. The standard InChI is InChI=1S/C20H19N7S/c21-9-13-14(22)8-15(19-24-5-7-28-19)26-18(13)16-10-23-11-17(25-16)27-6-4-20(12-27)2-1-3-20/h5,7-8,10-11H,1-4,6,12H2,(H2,22,26). The van der Waals surface area contributed by atoms with Crippen LogP contribution in [-0.2, 0) is 0 Å². The third kappa shape index (κ3) is 2.79. The van der Waals surface area contributed by atoms with Gasteiger partial charge in [-0.2, -0.15) is 5.26 Å². The number of hydrogen-bond acceptors (Lipinski definition) is 8. The number of aromatic nitrogens is 4. The van der Waals surface area contributed by atoms with Crippen LogP contribution < -0.4 is 10.6 Å². The lowest BCUT2D eigenvalue weighted by atomic mass is 9.68. The van der Waals surface area contributed by atoms with Crippen molar-refractivity contribution in [3.63, 3.8) is 0 Å². The summed E-state index contributed by atoms with van der Waals surface area (Å²) >= 11 is 1.48. The Balaban J connectivity index is 1.55. The Morgan fingerprint density at radius 3 is 2.75 bits per heavy atom. The van der Waals surface area contributed by atoms with Gasteiger partial charge in [0.15, 0.2) is 0 Å². The normalized spacial score (nSPS) is 17.5. The van der Waals surface area contributed by atoms with E-state index < -0.39 is 0 Å².